The Morgan fingerprint density at radius 2 is 2.13 bits per heavy atom. The molecule has 4 rings (SSSR count). The van der Waals surface area contributed by atoms with Crippen molar-refractivity contribution >= 4 is 28.8 Å². The second-order valence-electron chi connectivity index (χ2n) is 6.94. The first-order valence-electron chi connectivity index (χ1n) is 9.61. The van der Waals surface area contributed by atoms with Gasteiger partial charge in [-0.3, -0.25) is 4.79 Å². The quantitative estimate of drug-likeness (QED) is 0.549. The molecule has 1 fully saturated rings. The molecule has 3 aromatic rings. The van der Waals surface area contributed by atoms with Crippen molar-refractivity contribution in [2.24, 2.45) is 0 Å². The third-order valence-electron chi connectivity index (χ3n) is 4.74. The SMILES string of the molecule is O=C(NCC1CCCO1)c1csc(-c2ccc(OCc3ccc(Cl)cc3)cc2F)n1. The van der Waals surface area contributed by atoms with Crippen molar-refractivity contribution in [3.05, 3.63) is 69.9 Å². The number of carbonyl (C=O) groups excluding carboxylic acids is 1. The van der Waals surface area contributed by atoms with Crippen LogP contribution in [-0.2, 0) is 11.3 Å². The normalized spacial score (nSPS) is 15.9. The summed E-state index contributed by atoms with van der Waals surface area (Å²) in [6.45, 7) is 1.50. The Bertz CT molecular complexity index is 1020. The van der Waals surface area contributed by atoms with Gasteiger partial charge < -0.3 is 14.8 Å². The molecule has 0 radical (unpaired) electrons. The van der Waals surface area contributed by atoms with Gasteiger partial charge in [-0.25, -0.2) is 9.37 Å². The van der Waals surface area contributed by atoms with E-state index in [9.17, 15) is 9.18 Å². The van der Waals surface area contributed by atoms with Gasteiger partial charge in [-0.15, -0.1) is 11.3 Å². The minimum Gasteiger partial charge on any atom is -0.489 e. The van der Waals surface area contributed by atoms with Crippen LogP contribution >= 0.6 is 22.9 Å². The molecule has 0 bridgehead atoms. The molecular formula is C22H20ClFN2O3S. The smallest absolute Gasteiger partial charge is 0.270 e. The highest BCUT2D eigenvalue weighted by Gasteiger charge is 2.19. The molecule has 30 heavy (non-hydrogen) atoms. The first-order valence-corrected chi connectivity index (χ1v) is 10.9. The average Bonchev–Trinajstić information content (AvgIpc) is 3.44. The number of benzene rings is 2. The summed E-state index contributed by atoms with van der Waals surface area (Å²) in [5.74, 6) is -0.321. The van der Waals surface area contributed by atoms with Gasteiger partial charge in [0.25, 0.3) is 5.91 Å². The van der Waals surface area contributed by atoms with E-state index in [1.54, 1.807) is 29.6 Å². The third kappa shape index (κ3) is 5.16. The largest absolute Gasteiger partial charge is 0.489 e. The molecule has 5 nitrogen and oxygen atoms in total. The number of nitrogens with one attached hydrogen (secondary N) is 1. The first-order chi connectivity index (χ1) is 14.6. The molecule has 2 aromatic carbocycles. The number of rotatable bonds is 7. The summed E-state index contributed by atoms with van der Waals surface area (Å²) in [6.07, 6.45) is 2.02. The Kier molecular flexibility index (Phi) is 6.62. The van der Waals surface area contributed by atoms with Crippen molar-refractivity contribution in [3.63, 3.8) is 0 Å². The fourth-order valence-electron chi connectivity index (χ4n) is 3.11. The molecule has 1 unspecified atom stereocenters. The summed E-state index contributed by atoms with van der Waals surface area (Å²) in [5, 5.41) is 5.55. The third-order valence-corrected chi connectivity index (χ3v) is 5.87. The zero-order valence-corrected chi connectivity index (χ0v) is 17.6. The lowest BCUT2D eigenvalue weighted by molar-refractivity contribution is 0.0854. The minimum atomic E-state index is -0.454. The van der Waals surface area contributed by atoms with Crippen LogP contribution in [0, 0.1) is 5.82 Å². The molecule has 1 saturated heterocycles. The minimum absolute atomic E-state index is 0.0601. The predicted molar refractivity (Wildman–Crippen MR) is 115 cm³/mol. The fourth-order valence-corrected chi connectivity index (χ4v) is 4.06. The van der Waals surface area contributed by atoms with Crippen molar-refractivity contribution < 1.29 is 18.7 Å². The highest BCUT2D eigenvalue weighted by atomic mass is 35.5. The first kappa shape index (κ1) is 20.8. The lowest BCUT2D eigenvalue weighted by atomic mass is 10.2. The molecule has 0 aliphatic carbocycles. The number of ether oxygens (including phenoxy) is 2. The van der Waals surface area contributed by atoms with Gasteiger partial charge in [0, 0.05) is 35.2 Å². The number of halogens is 2. The maximum Gasteiger partial charge on any atom is 0.270 e. The molecule has 1 aromatic heterocycles. The van der Waals surface area contributed by atoms with E-state index in [1.807, 2.05) is 12.1 Å². The van der Waals surface area contributed by atoms with E-state index in [1.165, 1.54) is 17.4 Å². The topological polar surface area (TPSA) is 60.5 Å². The molecule has 0 spiro atoms. The van der Waals surface area contributed by atoms with Gasteiger partial charge >= 0.3 is 0 Å². The van der Waals surface area contributed by atoms with Gasteiger partial charge in [0.05, 0.1) is 6.10 Å². The predicted octanol–water partition coefficient (Wildman–Crippen LogP) is 5.09. The van der Waals surface area contributed by atoms with Crippen molar-refractivity contribution in [1.29, 1.82) is 0 Å². The highest BCUT2D eigenvalue weighted by molar-refractivity contribution is 7.13. The number of hydrogen-bond donors (Lipinski definition) is 1. The molecule has 156 valence electrons. The van der Waals surface area contributed by atoms with Crippen LogP contribution in [0.2, 0.25) is 5.02 Å². The highest BCUT2D eigenvalue weighted by Crippen LogP contribution is 2.29. The fraction of sp³-hybridized carbons (Fsp3) is 0.273. The van der Waals surface area contributed by atoms with Gasteiger partial charge in [-0.2, -0.15) is 0 Å². The molecule has 2 heterocycles. The van der Waals surface area contributed by atoms with E-state index >= 15 is 0 Å². The standard InChI is InChI=1S/C22H20ClFN2O3S/c23-15-5-3-14(4-6-15)12-29-16-7-8-18(19(24)10-16)22-26-20(13-30-22)21(27)25-11-17-2-1-9-28-17/h3-8,10,13,17H,1-2,9,11-12H2,(H,25,27). The van der Waals surface area contributed by atoms with Crippen molar-refractivity contribution in [2.75, 3.05) is 13.2 Å². The number of carbonyl (C=O) groups is 1. The van der Waals surface area contributed by atoms with E-state index in [0.717, 1.165) is 25.0 Å². The van der Waals surface area contributed by atoms with Crippen molar-refractivity contribution in [2.45, 2.75) is 25.6 Å². The Morgan fingerprint density at radius 3 is 2.87 bits per heavy atom. The zero-order chi connectivity index (χ0) is 20.9. The van der Waals surface area contributed by atoms with Crippen LogP contribution in [-0.4, -0.2) is 30.1 Å². The molecular weight excluding hydrogens is 427 g/mol. The van der Waals surface area contributed by atoms with Gasteiger partial charge in [0.1, 0.15) is 28.9 Å². The number of nitrogens with zero attached hydrogens (tertiary/aromatic N) is 1. The molecule has 1 aliphatic rings. The van der Waals surface area contributed by atoms with Crippen LogP contribution in [0.15, 0.2) is 47.8 Å². The van der Waals surface area contributed by atoms with Crippen molar-refractivity contribution in [3.8, 4) is 16.3 Å². The Balaban J connectivity index is 1.38. The lowest BCUT2D eigenvalue weighted by Gasteiger charge is -2.09. The monoisotopic (exact) mass is 446 g/mol. The van der Waals surface area contributed by atoms with E-state index < -0.39 is 5.82 Å². The zero-order valence-electron chi connectivity index (χ0n) is 16.1. The van der Waals surface area contributed by atoms with Crippen LogP contribution in [0.1, 0.15) is 28.9 Å². The molecule has 1 N–H and O–H groups in total. The van der Waals surface area contributed by atoms with Crippen LogP contribution in [0.4, 0.5) is 4.39 Å². The number of amides is 1. The Hall–Kier alpha value is -2.48. The van der Waals surface area contributed by atoms with E-state index in [4.69, 9.17) is 21.1 Å². The number of hydrogen-bond acceptors (Lipinski definition) is 5. The Labute approximate surface area is 182 Å². The summed E-state index contributed by atoms with van der Waals surface area (Å²) < 4.78 is 25.8. The van der Waals surface area contributed by atoms with Crippen LogP contribution in [0.3, 0.4) is 0 Å². The molecule has 1 amide bonds. The molecule has 1 atom stereocenters. The molecule has 0 saturated carbocycles. The lowest BCUT2D eigenvalue weighted by Crippen LogP contribution is -2.31. The Morgan fingerprint density at radius 1 is 1.30 bits per heavy atom. The maximum atomic E-state index is 14.6. The summed E-state index contributed by atoms with van der Waals surface area (Å²) in [6, 6.07) is 11.9. The summed E-state index contributed by atoms with van der Waals surface area (Å²) in [7, 11) is 0. The molecule has 8 heteroatoms. The summed E-state index contributed by atoms with van der Waals surface area (Å²) in [4.78, 5) is 16.6. The van der Waals surface area contributed by atoms with Crippen LogP contribution < -0.4 is 10.1 Å². The average molecular weight is 447 g/mol. The van der Waals surface area contributed by atoms with Crippen molar-refractivity contribution in [1.82, 2.24) is 10.3 Å². The van der Waals surface area contributed by atoms with E-state index in [2.05, 4.69) is 10.3 Å². The van der Waals surface area contributed by atoms with Gasteiger partial charge in [-0.05, 0) is 42.7 Å². The summed E-state index contributed by atoms with van der Waals surface area (Å²) >= 11 is 7.09. The number of aromatic nitrogens is 1. The van der Waals surface area contributed by atoms with Crippen LogP contribution in [0.5, 0.6) is 5.75 Å². The second kappa shape index (κ2) is 9.55. The molecule has 1 aliphatic heterocycles. The van der Waals surface area contributed by atoms with Gasteiger partial charge in [0.15, 0.2) is 0 Å². The maximum absolute atomic E-state index is 14.6. The van der Waals surface area contributed by atoms with E-state index in [-0.39, 0.29) is 17.7 Å². The number of thiazole rings is 1. The van der Waals surface area contributed by atoms with Gasteiger partial charge in [0.2, 0.25) is 0 Å². The van der Waals surface area contributed by atoms with Crippen LogP contribution in [0.25, 0.3) is 10.6 Å². The van der Waals surface area contributed by atoms with Gasteiger partial charge in [-0.1, -0.05) is 23.7 Å². The van der Waals surface area contributed by atoms with E-state index in [0.29, 0.717) is 34.5 Å². The summed E-state index contributed by atoms with van der Waals surface area (Å²) in [5.41, 5.74) is 1.54. The second-order valence-corrected chi connectivity index (χ2v) is 8.23.